The van der Waals surface area contributed by atoms with Crippen molar-refractivity contribution >= 4 is 10.8 Å². The van der Waals surface area contributed by atoms with Gasteiger partial charge >= 0.3 is 0 Å². The Morgan fingerprint density at radius 1 is 0.714 bits per heavy atom. The van der Waals surface area contributed by atoms with E-state index in [0.717, 1.165) is 11.8 Å². The van der Waals surface area contributed by atoms with Crippen LogP contribution in [-0.4, -0.2) is 0 Å². The minimum absolute atomic E-state index is 0.821. The maximum Gasteiger partial charge on any atom is -0.0144 e. The van der Waals surface area contributed by atoms with Gasteiger partial charge in [0.05, 0.1) is 0 Å². The van der Waals surface area contributed by atoms with Gasteiger partial charge < -0.3 is 0 Å². The smallest absolute Gasteiger partial charge is 0.0144 e. The molecule has 0 fully saturated rings. The van der Waals surface area contributed by atoms with Crippen LogP contribution in [0.3, 0.4) is 0 Å². The fraction of sp³-hybridized carbons (Fsp3) is 0.643. The summed E-state index contributed by atoms with van der Waals surface area (Å²) in [6.45, 7) is 14.0. The highest BCUT2D eigenvalue weighted by Crippen LogP contribution is 2.32. The lowest BCUT2D eigenvalue weighted by Gasteiger charge is -2.21. The van der Waals surface area contributed by atoms with Crippen LogP contribution in [0.5, 0.6) is 0 Å². The first-order valence-corrected chi connectivity index (χ1v) is 12.1. The first-order chi connectivity index (χ1) is 13.5. The third-order valence-corrected chi connectivity index (χ3v) is 6.80. The molecule has 2 aromatic rings. The summed E-state index contributed by atoms with van der Waals surface area (Å²) in [5.41, 5.74) is 6.12. The van der Waals surface area contributed by atoms with Crippen LogP contribution >= 0.6 is 0 Å². The molecule has 0 amide bonds. The van der Waals surface area contributed by atoms with Crippen molar-refractivity contribution in [1.29, 1.82) is 0 Å². The molecule has 2 aromatic carbocycles. The third kappa shape index (κ3) is 6.10. The summed E-state index contributed by atoms with van der Waals surface area (Å²) in [7, 11) is 0. The van der Waals surface area contributed by atoms with E-state index in [4.69, 9.17) is 0 Å². The Morgan fingerprint density at radius 2 is 1.32 bits per heavy atom. The van der Waals surface area contributed by atoms with Gasteiger partial charge in [-0.05, 0) is 66.0 Å². The lowest BCUT2D eigenvalue weighted by molar-refractivity contribution is 0.449. The summed E-state index contributed by atoms with van der Waals surface area (Å²) in [6.07, 6.45) is 13.2. The zero-order valence-corrected chi connectivity index (χ0v) is 19.5. The first-order valence-electron chi connectivity index (χ1n) is 12.1. The maximum absolute atomic E-state index is 2.46. The van der Waals surface area contributed by atoms with E-state index in [1.807, 2.05) is 0 Å². The monoisotopic (exact) mass is 380 g/mol. The number of unbranched alkanes of at least 4 members (excludes halogenated alkanes) is 2. The average molecular weight is 381 g/mol. The molecule has 0 aliphatic carbocycles. The van der Waals surface area contributed by atoms with Gasteiger partial charge in [-0.3, -0.25) is 0 Å². The Bertz CT molecular complexity index is 724. The van der Waals surface area contributed by atoms with Gasteiger partial charge in [-0.2, -0.15) is 0 Å². The average Bonchev–Trinajstić information content (AvgIpc) is 2.69. The molecule has 0 heterocycles. The van der Waals surface area contributed by atoms with E-state index in [-0.39, 0.29) is 0 Å². The molecule has 0 nitrogen and oxygen atoms in total. The molecule has 156 valence electrons. The largest absolute Gasteiger partial charge is 0.0654 e. The lowest BCUT2D eigenvalue weighted by Crippen LogP contribution is -2.07. The normalized spacial score (nSPS) is 13.8. The van der Waals surface area contributed by atoms with Crippen molar-refractivity contribution in [2.45, 2.75) is 106 Å². The molecule has 28 heavy (non-hydrogen) atoms. The van der Waals surface area contributed by atoms with Crippen molar-refractivity contribution in [3.05, 3.63) is 46.5 Å². The highest BCUT2D eigenvalue weighted by atomic mass is 14.2. The standard InChI is InChI=1S/C28H44/c1-7-11-13-23(9-3)19-25-17-21(5)18-28-26(25)16-15-22(6)27(28)20-24(10-4)14-12-8-2/h15-18,23-24H,7-14,19-20H2,1-6H3. The fourth-order valence-corrected chi connectivity index (χ4v) is 4.77. The van der Waals surface area contributed by atoms with Crippen molar-refractivity contribution in [3.8, 4) is 0 Å². The minimum atomic E-state index is 0.821. The van der Waals surface area contributed by atoms with Crippen molar-refractivity contribution in [3.63, 3.8) is 0 Å². The lowest BCUT2D eigenvalue weighted by atomic mass is 9.84. The maximum atomic E-state index is 2.46. The van der Waals surface area contributed by atoms with Crippen LogP contribution < -0.4 is 0 Å². The summed E-state index contributed by atoms with van der Waals surface area (Å²) < 4.78 is 0. The molecule has 2 atom stereocenters. The number of aryl methyl sites for hydroxylation is 2. The van der Waals surface area contributed by atoms with E-state index >= 15 is 0 Å². The first kappa shape index (κ1) is 23.0. The molecule has 0 aliphatic heterocycles. The summed E-state index contributed by atoms with van der Waals surface area (Å²) in [4.78, 5) is 0. The van der Waals surface area contributed by atoms with Crippen molar-refractivity contribution in [2.75, 3.05) is 0 Å². The molecule has 0 radical (unpaired) electrons. The van der Waals surface area contributed by atoms with Gasteiger partial charge in [0.15, 0.2) is 0 Å². The van der Waals surface area contributed by atoms with Crippen LogP contribution in [0.2, 0.25) is 0 Å². The van der Waals surface area contributed by atoms with E-state index in [2.05, 4.69) is 65.8 Å². The van der Waals surface area contributed by atoms with Gasteiger partial charge in [0.25, 0.3) is 0 Å². The summed E-state index contributed by atoms with van der Waals surface area (Å²) in [6, 6.07) is 9.71. The number of rotatable bonds is 12. The van der Waals surface area contributed by atoms with Crippen LogP contribution in [0.1, 0.15) is 101 Å². The summed E-state index contributed by atoms with van der Waals surface area (Å²) >= 11 is 0. The van der Waals surface area contributed by atoms with E-state index in [1.165, 1.54) is 86.1 Å². The second-order valence-corrected chi connectivity index (χ2v) is 9.12. The van der Waals surface area contributed by atoms with Crippen molar-refractivity contribution in [2.24, 2.45) is 11.8 Å². The second-order valence-electron chi connectivity index (χ2n) is 9.12. The van der Waals surface area contributed by atoms with Crippen molar-refractivity contribution < 1.29 is 0 Å². The summed E-state index contributed by atoms with van der Waals surface area (Å²) in [5, 5.41) is 3.06. The number of hydrogen-bond acceptors (Lipinski definition) is 0. The van der Waals surface area contributed by atoms with E-state index < -0.39 is 0 Å². The van der Waals surface area contributed by atoms with Crippen LogP contribution in [0.25, 0.3) is 10.8 Å². The predicted octanol–water partition coefficient (Wildman–Crippen LogP) is 8.97. The van der Waals surface area contributed by atoms with Gasteiger partial charge in [0, 0.05) is 0 Å². The molecular formula is C28H44. The SMILES string of the molecule is CCCCC(CC)Cc1cc(C)cc2c(CC(CC)CCCC)c(C)ccc12. The molecule has 0 aliphatic rings. The Hall–Kier alpha value is -1.30. The molecular weight excluding hydrogens is 336 g/mol. The number of hydrogen-bond donors (Lipinski definition) is 0. The van der Waals surface area contributed by atoms with Gasteiger partial charge in [-0.25, -0.2) is 0 Å². The molecule has 0 N–H and O–H groups in total. The zero-order chi connectivity index (χ0) is 20.5. The quantitative estimate of drug-likeness (QED) is 0.344. The Labute approximate surface area is 175 Å². The molecule has 0 spiro atoms. The highest BCUT2D eigenvalue weighted by molar-refractivity contribution is 5.90. The fourth-order valence-electron chi connectivity index (χ4n) is 4.77. The van der Waals surface area contributed by atoms with Gasteiger partial charge in [-0.15, -0.1) is 0 Å². The molecule has 0 bridgehead atoms. The van der Waals surface area contributed by atoms with Crippen LogP contribution in [0, 0.1) is 25.7 Å². The molecule has 0 aromatic heterocycles. The minimum Gasteiger partial charge on any atom is -0.0654 e. The predicted molar refractivity (Wildman–Crippen MR) is 127 cm³/mol. The third-order valence-electron chi connectivity index (χ3n) is 6.80. The Kier molecular flexibility index (Phi) is 9.56. The van der Waals surface area contributed by atoms with Crippen molar-refractivity contribution in [1.82, 2.24) is 0 Å². The molecule has 0 heteroatoms. The van der Waals surface area contributed by atoms with Crippen LogP contribution in [0.15, 0.2) is 24.3 Å². The Balaban J connectivity index is 2.41. The molecule has 0 saturated carbocycles. The van der Waals surface area contributed by atoms with E-state index in [9.17, 15) is 0 Å². The van der Waals surface area contributed by atoms with Gasteiger partial charge in [-0.1, -0.05) is 109 Å². The zero-order valence-electron chi connectivity index (χ0n) is 19.5. The van der Waals surface area contributed by atoms with Gasteiger partial charge in [0.1, 0.15) is 0 Å². The van der Waals surface area contributed by atoms with Crippen LogP contribution in [-0.2, 0) is 12.8 Å². The number of fused-ring (bicyclic) bond motifs is 1. The van der Waals surface area contributed by atoms with Crippen LogP contribution in [0.4, 0.5) is 0 Å². The molecule has 0 saturated heterocycles. The second kappa shape index (κ2) is 11.6. The van der Waals surface area contributed by atoms with Gasteiger partial charge in [0.2, 0.25) is 0 Å². The van der Waals surface area contributed by atoms with E-state index in [1.54, 1.807) is 11.1 Å². The molecule has 2 rings (SSSR count). The summed E-state index contributed by atoms with van der Waals surface area (Å²) in [5.74, 6) is 1.64. The number of benzene rings is 2. The van der Waals surface area contributed by atoms with E-state index in [0.29, 0.717) is 0 Å². The molecule has 2 unspecified atom stereocenters. The Morgan fingerprint density at radius 3 is 1.89 bits per heavy atom. The highest BCUT2D eigenvalue weighted by Gasteiger charge is 2.16. The topological polar surface area (TPSA) is 0 Å².